The summed E-state index contributed by atoms with van der Waals surface area (Å²) < 4.78 is 28.0. The summed E-state index contributed by atoms with van der Waals surface area (Å²) in [7, 11) is 1.86. The van der Waals surface area contributed by atoms with Crippen LogP contribution in [0.3, 0.4) is 0 Å². The Balaban J connectivity index is 2.23. The standard InChI is InChI=1S/C13H15F2N3/c1-9-11(6-16-2)7-17-18(9)8-10-3-4-12(14)5-13(10)15/h3-5,7,16H,6,8H2,1-2H3. The van der Waals surface area contributed by atoms with Gasteiger partial charge in [-0.25, -0.2) is 8.78 Å². The van der Waals surface area contributed by atoms with E-state index >= 15 is 0 Å². The van der Waals surface area contributed by atoms with Crippen molar-refractivity contribution in [1.82, 2.24) is 15.1 Å². The number of nitrogens with zero attached hydrogens (tertiary/aromatic N) is 2. The van der Waals surface area contributed by atoms with Gasteiger partial charge in [0.25, 0.3) is 0 Å². The Bertz CT molecular complexity index is 549. The lowest BCUT2D eigenvalue weighted by molar-refractivity contribution is 0.555. The van der Waals surface area contributed by atoms with Crippen molar-refractivity contribution in [2.75, 3.05) is 7.05 Å². The Morgan fingerprint density at radius 2 is 2.06 bits per heavy atom. The minimum atomic E-state index is -0.565. The summed E-state index contributed by atoms with van der Waals surface area (Å²) in [5, 5.41) is 7.25. The lowest BCUT2D eigenvalue weighted by atomic mass is 10.2. The molecule has 0 radical (unpaired) electrons. The Labute approximate surface area is 104 Å². The van der Waals surface area contributed by atoms with Crippen LogP contribution in [0.2, 0.25) is 0 Å². The summed E-state index contributed by atoms with van der Waals surface area (Å²) in [5.74, 6) is -1.11. The van der Waals surface area contributed by atoms with Crippen molar-refractivity contribution in [1.29, 1.82) is 0 Å². The van der Waals surface area contributed by atoms with Crippen LogP contribution < -0.4 is 5.32 Å². The van der Waals surface area contributed by atoms with Gasteiger partial charge in [-0.15, -0.1) is 0 Å². The minimum absolute atomic E-state index is 0.307. The van der Waals surface area contributed by atoms with Gasteiger partial charge in [0.2, 0.25) is 0 Å². The summed E-state index contributed by atoms with van der Waals surface area (Å²) >= 11 is 0. The Kier molecular flexibility index (Phi) is 3.72. The van der Waals surface area contributed by atoms with Crippen LogP contribution in [-0.4, -0.2) is 16.8 Å². The molecule has 0 unspecified atom stereocenters. The quantitative estimate of drug-likeness (QED) is 0.903. The second kappa shape index (κ2) is 5.27. The summed E-state index contributed by atoms with van der Waals surface area (Å²) in [4.78, 5) is 0. The fraction of sp³-hybridized carbons (Fsp3) is 0.308. The van der Waals surface area contributed by atoms with E-state index in [1.807, 2.05) is 14.0 Å². The SMILES string of the molecule is CNCc1cnn(Cc2ccc(F)cc2F)c1C. The zero-order chi connectivity index (χ0) is 13.1. The summed E-state index contributed by atoms with van der Waals surface area (Å²) in [6, 6.07) is 3.60. The Morgan fingerprint density at radius 3 is 2.72 bits per heavy atom. The maximum atomic E-state index is 13.5. The molecule has 5 heteroatoms. The molecule has 1 aromatic carbocycles. The first-order valence-corrected chi connectivity index (χ1v) is 5.71. The van der Waals surface area contributed by atoms with Gasteiger partial charge in [-0.3, -0.25) is 4.68 Å². The highest BCUT2D eigenvalue weighted by atomic mass is 19.1. The molecule has 0 aliphatic carbocycles. The molecule has 2 aromatic rings. The smallest absolute Gasteiger partial charge is 0.131 e. The van der Waals surface area contributed by atoms with Gasteiger partial charge in [0.15, 0.2) is 0 Å². The first-order chi connectivity index (χ1) is 8.61. The van der Waals surface area contributed by atoms with Crippen molar-refractivity contribution >= 4 is 0 Å². The largest absolute Gasteiger partial charge is 0.316 e. The molecular formula is C13H15F2N3. The van der Waals surface area contributed by atoms with Crippen LogP contribution in [0.15, 0.2) is 24.4 Å². The van der Waals surface area contributed by atoms with Crippen LogP contribution in [0, 0.1) is 18.6 Å². The molecule has 0 aliphatic heterocycles. The monoisotopic (exact) mass is 251 g/mol. The van der Waals surface area contributed by atoms with Crippen LogP contribution in [0.4, 0.5) is 8.78 Å². The van der Waals surface area contributed by atoms with Crippen molar-refractivity contribution in [3.63, 3.8) is 0 Å². The van der Waals surface area contributed by atoms with Gasteiger partial charge >= 0.3 is 0 Å². The molecule has 0 aliphatic rings. The third-order valence-electron chi connectivity index (χ3n) is 2.91. The maximum Gasteiger partial charge on any atom is 0.131 e. The van der Waals surface area contributed by atoms with Crippen LogP contribution in [0.1, 0.15) is 16.8 Å². The average molecular weight is 251 g/mol. The van der Waals surface area contributed by atoms with Gasteiger partial charge in [-0.05, 0) is 20.0 Å². The van der Waals surface area contributed by atoms with Crippen LogP contribution in [0.25, 0.3) is 0 Å². The van der Waals surface area contributed by atoms with E-state index in [0.717, 1.165) is 23.9 Å². The van der Waals surface area contributed by atoms with Gasteiger partial charge in [-0.1, -0.05) is 6.07 Å². The fourth-order valence-electron chi connectivity index (χ4n) is 1.82. The van der Waals surface area contributed by atoms with E-state index < -0.39 is 11.6 Å². The van der Waals surface area contributed by atoms with Gasteiger partial charge in [0.05, 0.1) is 12.7 Å². The van der Waals surface area contributed by atoms with Crippen molar-refractivity contribution in [2.45, 2.75) is 20.0 Å². The highest BCUT2D eigenvalue weighted by molar-refractivity contribution is 5.21. The number of benzene rings is 1. The fourth-order valence-corrected chi connectivity index (χ4v) is 1.82. The van der Waals surface area contributed by atoms with E-state index in [-0.39, 0.29) is 0 Å². The minimum Gasteiger partial charge on any atom is -0.316 e. The molecular weight excluding hydrogens is 236 g/mol. The van der Waals surface area contributed by atoms with Crippen LogP contribution >= 0.6 is 0 Å². The second-order valence-corrected chi connectivity index (χ2v) is 4.18. The molecule has 0 fully saturated rings. The summed E-state index contributed by atoms with van der Waals surface area (Å²) in [6.07, 6.45) is 1.76. The average Bonchev–Trinajstić information content (AvgIpc) is 2.66. The molecule has 0 bridgehead atoms. The number of hydrogen-bond acceptors (Lipinski definition) is 2. The molecule has 0 saturated heterocycles. The number of hydrogen-bond donors (Lipinski definition) is 1. The molecule has 0 atom stereocenters. The number of aromatic nitrogens is 2. The molecule has 2 rings (SSSR count). The van der Waals surface area contributed by atoms with Crippen molar-refractivity contribution in [2.24, 2.45) is 0 Å². The normalized spacial score (nSPS) is 10.9. The summed E-state index contributed by atoms with van der Waals surface area (Å²) in [6.45, 7) is 2.96. The molecule has 1 aromatic heterocycles. The van der Waals surface area contributed by atoms with E-state index in [2.05, 4.69) is 10.4 Å². The molecule has 1 N–H and O–H groups in total. The summed E-state index contributed by atoms with van der Waals surface area (Å²) in [5.41, 5.74) is 2.48. The molecule has 0 saturated carbocycles. The molecule has 0 spiro atoms. The highest BCUT2D eigenvalue weighted by Crippen LogP contribution is 2.13. The van der Waals surface area contributed by atoms with Gasteiger partial charge in [0, 0.05) is 29.4 Å². The van der Waals surface area contributed by atoms with Crippen molar-refractivity contribution in [3.8, 4) is 0 Å². The third-order valence-corrected chi connectivity index (χ3v) is 2.91. The van der Waals surface area contributed by atoms with E-state index in [1.54, 1.807) is 10.9 Å². The lowest BCUT2D eigenvalue weighted by Gasteiger charge is -2.07. The Morgan fingerprint density at radius 1 is 1.28 bits per heavy atom. The van der Waals surface area contributed by atoms with Gasteiger partial charge < -0.3 is 5.32 Å². The molecule has 1 heterocycles. The Hall–Kier alpha value is -1.75. The topological polar surface area (TPSA) is 29.9 Å². The van der Waals surface area contributed by atoms with E-state index in [9.17, 15) is 8.78 Å². The van der Waals surface area contributed by atoms with E-state index in [1.165, 1.54) is 12.1 Å². The number of nitrogens with one attached hydrogen (secondary N) is 1. The number of rotatable bonds is 4. The van der Waals surface area contributed by atoms with Crippen LogP contribution in [0.5, 0.6) is 0 Å². The third kappa shape index (κ3) is 2.56. The molecule has 0 amide bonds. The molecule has 3 nitrogen and oxygen atoms in total. The second-order valence-electron chi connectivity index (χ2n) is 4.18. The van der Waals surface area contributed by atoms with Gasteiger partial charge in [0.1, 0.15) is 11.6 Å². The van der Waals surface area contributed by atoms with Crippen LogP contribution in [-0.2, 0) is 13.1 Å². The molecule has 18 heavy (non-hydrogen) atoms. The zero-order valence-corrected chi connectivity index (χ0v) is 10.4. The first kappa shape index (κ1) is 12.7. The van der Waals surface area contributed by atoms with Crippen molar-refractivity contribution in [3.05, 3.63) is 52.9 Å². The van der Waals surface area contributed by atoms with Gasteiger partial charge in [-0.2, -0.15) is 5.10 Å². The molecule has 96 valence electrons. The number of halogens is 2. The van der Waals surface area contributed by atoms with E-state index in [4.69, 9.17) is 0 Å². The first-order valence-electron chi connectivity index (χ1n) is 5.71. The van der Waals surface area contributed by atoms with E-state index in [0.29, 0.717) is 12.1 Å². The maximum absolute atomic E-state index is 13.5. The predicted octanol–water partition coefficient (Wildman–Crippen LogP) is 2.24. The van der Waals surface area contributed by atoms with Crippen molar-refractivity contribution < 1.29 is 8.78 Å². The predicted molar refractivity (Wildman–Crippen MR) is 65.2 cm³/mol. The zero-order valence-electron chi connectivity index (χ0n) is 10.4. The highest BCUT2D eigenvalue weighted by Gasteiger charge is 2.09. The lowest BCUT2D eigenvalue weighted by Crippen LogP contribution is -2.09.